The van der Waals surface area contributed by atoms with Gasteiger partial charge in [0.15, 0.2) is 0 Å². The highest BCUT2D eigenvalue weighted by Gasteiger charge is 2.45. The fourth-order valence-corrected chi connectivity index (χ4v) is 3.69. The lowest BCUT2D eigenvalue weighted by molar-refractivity contribution is -0.124. The summed E-state index contributed by atoms with van der Waals surface area (Å²) in [6.45, 7) is 9.01. The maximum absolute atomic E-state index is 12.3. The second-order valence-corrected chi connectivity index (χ2v) is 8.73. The third-order valence-electron chi connectivity index (χ3n) is 5.19. The first kappa shape index (κ1) is 19.0. The molecule has 1 saturated carbocycles. The van der Waals surface area contributed by atoms with Crippen LogP contribution in [0.2, 0.25) is 0 Å². The number of hydrogen-bond donors (Lipinski definition) is 2. The van der Waals surface area contributed by atoms with Crippen LogP contribution in [-0.2, 0) is 9.59 Å². The van der Waals surface area contributed by atoms with Crippen LogP contribution in [-0.4, -0.2) is 48.4 Å². The highest BCUT2D eigenvalue weighted by Crippen LogP contribution is 2.47. The summed E-state index contributed by atoms with van der Waals surface area (Å²) in [4.78, 5) is 26.5. The highest BCUT2D eigenvalue weighted by atomic mass is 16.3. The van der Waals surface area contributed by atoms with E-state index in [1.54, 1.807) is 6.26 Å². The molecule has 2 heterocycles. The molecular formula is C20H31N3O3. The normalized spacial score (nSPS) is 24.3. The van der Waals surface area contributed by atoms with Crippen molar-refractivity contribution >= 4 is 11.8 Å². The van der Waals surface area contributed by atoms with Gasteiger partial charge in [0, 0.05) is 23.9 Å². The van der Waals surface area contributed by atoms with Crippen molar-refractivity contribution in [2.45, 2.75) is 51.5 Å². The van der Waals surface area contributed by atoms with E-state index in [4.69, 9.17) is 4.42 Å². The highest BCUT2D eigenvalue weighted by molar-refractivity contribution is 5.82. The number of rotatable bonds is 6. The Morgan fingerprint density at radius 2 is 2.00 bits per heavy atom. The van der Waals surface area contributed by atoms with E-state index in [1.165, 1.54) is 0 Å². The molecule has 1 aromatic rings. The number of amides is 2. The molecule has 26 heavy (non-hydrogen) atoms. The maximum Gasteiger partial charge on any atom is 0.234 e. The quantitative estimate of drug-likeness (QED) is 0.814. The van der Waals surface area contributed by atoms with Gasteiger partial charge in [-0.2, -0.15) is 0 Å². The molecule has 2 aliphatic rings. The van der Waals surface area contributed by atoms with Crippen molar-refractivity contribution in [1.29, 1.82) is 0 Å². The van der Waals surface area contributed by atoms with Gasteiger partial charge in [0.2, 0.25) is 11.8 Å². The first-order valence-electron chi connectivity index (χ1n) is 9.66. The van der Waals surface area contributed by atoms with Crippen LogP contribution >= 0.6 is 0 Å². The zero-order chi connectivity index (χ0) is 18.7. The summed E-state index contributed by atoms with van der Waals surface area (Å²) in [7, 11) is 0. The molecule has 0 spiro atoms. The average molecular weight is 361 g/mol. The van der Waals surface area contributed by atoms with Gasteiger partial charge in [-0.15, -0.1) is 0 Å². The molecule has 1 aromatic heterocycles. The van der Waals surface area contributed by atoms with Crippen LogP contribution in [0, 0.1) is 11.8 Å². The molecule has 144 valence electrons. The Balaban J connectivity index is 1.32. The summed E-state index contributed by atoms with van der Waals surface area (Å²) in [5, 5.41) is 6.12. The van der Waals surface area contributed by atoms with Crippen molar-refractivity contribution in [2.24, 2.45) is 11.8 Å². The molecular weight excluding hydrogens is 330 g/mol. The molecule has 2 unspecified atom stereocenters. The molecule has 2 N–H and O–H groups in total. The Morgan fingerprint density at radius 1 is 1.27 bits per heavy atom. The molecule has 3 rings (SSSR count). The SMILES string of the molecule is CC(C)(C)NC(=O)CN1CCC(CNC(=O)C2CC2c2ccco2)CC1. The van der Waals surface area contributed by atoms with Crippen LogP contribution in [0.25, 0.3) is 0 Å². The van der Waals surface area contributed by atoms with Crippen LogP contribution in [0.1, 0.15) is 51.7 Å². The van der Waals surface area contributed by atoms with E-state index in [0.717, 1.165) is 44.7 Å². The average Bonchev–Trinajstić information content (AvgIpc) is 3.17. The molecule has 1 aliphatic carbocycles. The number of likely N-dealkylation sites (tertiary alicyclic amines) is 1. The smallest absolute Gasteiger partial charge is 0.234 e. The van der Waals surface area contributed by atoms with Crippen molar-refractivity contribution in [2.75, 3.05) is 26.2 Å². The standard InChI is InChI=1S/C20H31N3O3/c1-20(2,3)22-18(24)13-23-8-6-14(7-9-23)12-21-19(25)16-11-15(16)17-5-4-10-26-17/h4-5,10,14-16H,6-9,11-13H2,1-3H3,(H,21,25)(H,22,24). The number of hydrogen-bond acceptors (Lipinski definition) is 4. The minimum absolute atomic E-state index is 0.0716. The predicted octanol–water partition coefficient (Wildman–Crippen LogP) is 2.13. The minimum atomic E-state index is -0.185. The number of nitrogens with one attached hydrogen (secondary N) is 2. The lowest BCUT2D eigenvalue weighted by atomic mass is 9.96. The van der Waals surface area contributed by atoms with Gasteiger partial charge < -0.3 is 15.1 Å². The van der Waals surface area contributed by atoms with Crippen LogP contribution in [0.15, 0.2) is 22.8 Å². The lowest BCUT2D eigenvalue weighted by Gasteiger charge is -2.32. The van der Waals surface area contributed by atoms with Crippen LogP contribution in [0.5, 0.6) is 0 Å². The Kier molecular flexibility index (Phi) is 5.70. The second kappa shape index (κ2) is 7.82. The van der Waals surface area contributed by atoms with Gasteiger partial charge in [-0.25, -0.2) is 0 Å². The van der Waals surface area contributed by atoms with Gasteiger partial charge in [0.25, 0.3) is 0 Å². The third kappa shape index (κ3) is 5.34. The summed E-state index contributed by atoms with van der Waals surface area (Å²) in [6.07, 6.45) is 4.60. The Labute approximate surface area is 155 Å². The zero-order valence-electron chi connectivity index (χ0n) is 16.1. The van der Waals surface area contributed by atoms with Crippen molar-refractivity contribution in [3.05, 3.63) is 24.2 Å². The maximum atomic E-state index is 12.3. The zero-order valence-corrected chi connectivity index (χ0v) is 16.1. The first-order valence-corrected chi connectivity index (χ1v) is 9.66. The summed E-state index contributed by atoms with van der Waals surface area (Å²) in [5.41, 5.74) is -0.185. The van der Waals surface area contributed by atoms with E-state index in [1.807, 2.05) is 32.9 Å². The van der Waals surface area contributed by atoms with E-state index in [9.17, 15) is 9.59 Å². The number of furan rings is 1. The fraction of sp³-hybridized carbons (Fsp3) is 0.700. The van der Waals surface area contributed by atoms with Crippen molar-refractivity contribution in [3.8, 4) is 0 Å². The summed E-state index contributed by atoms with van der Waals surface area (Å²) < 4.78 is 5.39. The van der Waals surface area contributed by atoms with Crippen molar-refractivity contribution in [1.82, 2.24) is 15.5 Å². The van der Waals surface area contributed by atoms with Gasteiger partial charge in [0.05, 0.1) is 12.8 Å². The summed E-state index contributed by atoms with van der Waals surface area (Å²) >= 11 is 0. The molecule has 0 bridgehead atoms. The summed E-state index contributed by atoms with van der Waals surface area (Å²) in [6, 6.07) is 3.82. The van der Waals surface area contributed by atoms with E-state index in [2.05, 4.69) is 15.5 Å². The van der Waals surface area contributed by atoms with Crippen molar-refractivity contribution < 1.29 is 14.0 Å². The Morgan fingerprint density at radius 3 is 2.62 bits per heavy atom. The molecule has 1 saturated heterocycles. The fourth-order valence-electron chi connectivity index (χ4n) is 3.69. The van der Waals surface area contributed by atoms with Crippen LogP contribution in [0.4, 0.5) is 0 Å². The molecule has 2 fully saturated rings. The van der Waals surface area contributed by atoms with Gasteiger partial charge in [0.1, 0.15) is 5.76 Å². The van der Waals surface area contributed by atoms with E-state index < -0.39 is 0 Å². The molecule has 0 radical (unpaired) electrons. The molecule has 2 atom stereocenters. The van der Waals surface area contributed by atoms with Crippen LogP contribution < -0.4 is 10.6 Å². The Bertz CT molecular complexity index is 613. The monoisotopic (exact) mass is 361 g/mol. The predicted molar refractivity (Wildman–Crippen MR) is 99.6 cm³/mol. The minimum Gasteiger partial charge on any atom is -0.469 e. The van der Waals surface area contributed by atoms with Gasteiger partial charge in [-0.1, -0.05) is 0 Å². The van der Waals surface area contributed by atoms with E-state index in [0.29, 0.717) is 12.5 Å². The molecule has 1 aliphatic heterocycles. The third-order valence-corrected chi connectivity index (χ3v) is 5.19. The second-order valence-electron chi connectivity index (χ2n) is 8.73. The van der Waals surface area contributed by atoms with Gasteiger partial charge in [-0.05, 0) is 71.2 Å². The summed E-state index contributed by atoms with van der Waals surface area (Å²) in [5.74, 6) is 1.99. The van der Waals surface area contributed by atoms with Crippen LogP contribution in [0.3, 0.4) is 0 Å². The van der Waals surface area contributed by atoms with Gasteiger partial charge in [-0.3, -0.25) is 14.5 Å². The molecule has 6 nitrogen and oxygen atoms in total. The van der Waals surface area contributed by atoms with Crippen molar-refractivity contribution in [3.63, 3.8) is 0 Å². The molecule has 2 amide bonds. The van der Waals surface area contributed by atoms with E-state index >= 15 is 0 Å². The number of carbonyl (C=O) groups is 2. The first-order chi connectivity index (χ1) is 12.3. The molecule has 0 aromatic carbocycles. The largest absolute Gasteiger partial charge is 0.469 e. The number of nitrogens with zero attached hydrogens (tertiary/aromatic N) is 1. The van der Waals surface area contributed by atoms with E-state index in [-0.39, 0.29) is 29.2 Å². The van der Waals surface area contributed by atoms with Gasteiger partial charge >= 0.3 is 0 Å². The number of piperidine rings is 1. The number of carbonyl (C=O) groups excluding carboxylic acids is 2. The topological polar surface area (TPSA) is 74.6 Å². The lowest BCUT2D eigenvalue weighted by Crippen LogP contribution is -2.48. The Hall–Kier alpha value is -1.82. The molecule has 6 heteroatoms.